The molecular weight excluding hydrogens is 230 g/mol. The maximum absolute atomic E-state index is 12.5. The maximum Gasteiger partial charge on any atom is 0.256 e. The number of nitrogen functional groups attached to an aromatic ring is 1. The van der Waals surface area contributed by atoms with Crippen molar-refractivity contribution in [3.63, 3.8) is 0 Å². The fourth-order valence-electron chi connectivity index (χ4n) is 2.18. The van der Waals surface area contributed by atoms with Gasteiger partial charge in [0.15, 0.2) is 0 Å². The summed E-state index contributed by atoms with van der Waals surface area (Å²) in [6.45, 7) is 2.15. The van der Waals surface area contributed by atoms with Gasteiger partial charge in [0.05, 0.1) is 29.7 Å². The lowest BCUT2D eigenvalue weighted by atomic mass is 9.91. The molecule has 1 fully saturated rings. The van der Waals surface area contributed by atoms with Crippen molar-refractivity contribution in [2.24, 2.45) is 0 Å². The van der Waals surface area contributed by atoms with E-state index in [0.29, 0.717) is 23.5 Å². The fourth-order valence-corrected chi connectivity index (χ4v) is 2.18. The normalized spacial score (nSPS) is 15.2. The Morgan fingerprint density at radius 1 is 1.61 bits per heavy atom. The third-order valence-corrected chi connectivity index (χ3v) is 3.46. The summed E-state index contributed by atoms with van der Waals surface area (Å²) in [5, 5.41) is 9.09. The van der Waals surface area contributed by atoms with Gasteiger partial charge in [-0.2, -0.15) is 0 Å². The minimum Gasteiger partial charge on any atom is -0.397 e. The van der Waals surface area contributed by atoms with E-state index in [4.69, 9.17) is 10.8 Å². The molecule has 18 heavy (non-hydrogen) atoms. The predicted octanol–water partition coefficient (Wildman–Crippen LogP) is 0.959. The second-order valence-corrected chi connectivity index (χ2v) is 4.71. The van der Waals surface area contributed by atoms with Crippen LogP contribution in [0, 0.1) is 6.92 Å². The van der Waals surface area contributed by atoms with Gasteiger partial charge in [-0.1, -0.05) is 0 Å². The Morgan fingerprint density at radius 3 is 2.89 bits per heavy atom. The Labute approximate surface area is 107 Å². The number of carbonyl (C=O) groups is 1. The van der Waals surface area contributed by atoms with E-state index in [9.17, 15) is 4.79 Å². The van der Waals surface area contributed by atoms with Gasteiger partial charge >= 0.3 is 0 Å². The summed E-state index contributed by atoms with van der Waals surface area (Å²) in [7, 11) is 0. The van der Waals surface area contributed by atoms with E-state index in [0.717, 1.165) is 19.3 Å². The van der Waals surface area contributed by atoms with Crippen molar-refractivity contribution >= 4 is 11.6 Å². The molecule has 0 aromatic carbocycles. The summed E-state index contributed by atoms with van der Waals surface area (Å²) in [4.78, 5) is 18.3. The van der Waals surface area contributed by atoms with Gasteiger partial charge in [-0.3, -0.25) is 9.78 Å². The monoisotopic (exact) mass is 249 g/mol. The molecule has 0 aliphatic heterocycles. The van der Waals surface area contributed by atoms with Crippen molar-refractivity contribution < 1.29 is 9.90 Å². The van der Waals surface area contributed by atoms with E-state index >= 15 is 0 Å². The Morgan fingerprint density at radius 2 is 2.33 bits per heavy atom. The highest BCUT2D eigenvalue weighted by Gasteiger charge is 2.29. The number of aliphatic hydroxyl groups excluding tert-OH is 1. The molecule has 1 saturated carbocycles. The lowest BCUT2D eigenvalue weighted by molar-refractivity contribution is 0.0524. The number of nitrogens with zero attached hydrogens (tertiary/aromatic N) is 2. The Kier molecular flexibility index (Phi) is 3.81. The number of aromatic nitrogens is 1. The zero-order chi connectivity index (χ0) is 13.1. The van der Waals surface area contributed by atoms with Gasteiger partial charge in [-0.25, -0.2) is 0 Å². The van der Waals surface area contributed by atoms with Gasteiger partial charge < -0.3 is 15.7 Å². The van der Waals surface area contributed by atoms with E-state index in [-0.39, 0.29) is 18.6 Å². The van der Waals surface area contributed by atoms with Gasteiger partial charge in [0, 0.05) is 12.6 Å². The quantitative estimate of drug-likeness (QED) is 0.833. The number of anilines is 1. The Bertz CT molecular complexity index is 444. The highest BCUT2D eigenvalue weighted by atomic mass is 16.3. The number of nitrogens with two attached hydrogens (primary N) is 1. The first-order chi connectivity index (χ1) is 8.63. The highest BCUT2D eigenvalue weighted by Crippen LogP contribution is 2.26. The van der Waals surface area contributed by atoms with Crippen LogP contribution >= 0.6 is 0 Å². The summed E-state index contributed by atoms with van der Waals surface area (Å²) in [6.07, 6.45) is 4.72. The summed E-state index contributed by atoms with van der Waals surface area (Å²) in [5.41, 5.74) is 7.38. The number of aliphatic hydroxyl groups is 1. The van der Waals surface area contributed by atoms with Gasteiger partial charge in [0.2, 0.25) is 0 Å². The first-order valence-corrected chi connectivity index (χ1v) is 6.27. The van der Waals surface area contributed by atoms with E-state index in [2.05, 4.69) is 4.98 Å². The van der Waals surface area contributed by atoms with E-state index in [1.54, 1.807) is 24.1 Å². The average Bonchev–Trinajstić information content (AvgIpc) is 2.28. The van der Waals surface area contributed by atoms with E-state index in [1.165, 1.54) is 0 Å². The maximum atomic E-state index is 12.5. The SMILES string of the molecule is Cc1ncc(N)cc1C(=O)N(CCO)C1CCC1. The van der Waals surface area contributed by atoms with Crippen molar-refractivity contribution in [3.05, 3.63) is 23.5 Å². The van der Waals surface area contributed by atoms with Crippen LogP contribution in [0.1, 0.15) is 35.3 Å². The van der Waals surface area contributed by atoms with Gasteiger partial charge in [0.1, 0.15) is 0 Å². The molecule has 0 bridgehead atoms. The van der Waals surface area contributed by atoms with Crippen molar-refractivity contribution in [3.8, 4) is 0 Å². The zero-order valence-corrected chi connectivity index (χ0v) is 10.6. The molecule has 0 atom stereocenters. The molecule has 0 unspecified atom stereocenters. The summed E-state index contributed by atoms with van der Waals surface area (Å²) < 4.78 is 0. The third kappa shape index (κ3) is 2.46. The molecule has 0 radical (unpaired) electrons. The lowest BCUT2D eigenvalue weighted by Crippen LogP contribution is -2.45. The molecule has 98 valence electrons. The molecule has 1 aliphatic carbocycles. The topological polar surface area (TPSA) is 79.5 Å². The number of hydrogen-bond donors (Lipinski definition) is 2. The standard InChI is InChI=1S/C13H19N3O2/c1-9-12(7-10(14)8-15-9)13(18)16(5-6-17)11-3-2-4-11/h7-8,11,17H,2-6,14H2,1H3. The average molecular weight is 249 g/mol. The Balaban J connectivity index is 2.23. The zero-order valence-electron chi connectivity index (χ0n) is 10.6. The predicted molar refractivity (Wildman–Crippen MR) is 69.1 cm³/mol. The van der Waals surface area contributed by atoms with Gasteiger partial charge in [-0.05, 0) is 32.3 Å². The summed E-state index contributed by atoms with van der Waals surface area (Å²) in [6, 6.07) is 1.92. The minimum atomic E-state index is -0.0777. The van der Waals surface area contributed by atoms with E-state index < -0.39 is 0 Å². The number of hydrogen-bond acceptors (Lipinski definition) is 4. The molecule has 0 saturated heterocycles. The smallest absolute Gasteiger partial charge is 0.256 e. The van der Waals surface area contributed by atoms with Crippen LogP contribution in [-0.2, 0) is 0 Å². The molecule has 5 nitrogen and oxygen atoms in total. The largest absolute Gasteiger partial charge is 0.397 e. The van der Waals surface area contributed by atoms with E-state index in [1.807, 2.05) is 0 Å². The molecule has 1 aromatic heterocycles. The summed E-state index contributed by atoms with van der Waals surface area (Å²) in [5.74, 6) is -0.0777. The molecule has 3 N–H and O–H groups in total. The van der Waals surface area contributed by atoms with Crippen LogP contribution in [0.3, 0.4) is 0 Å². The van der Waals surface area contributed by atoms with Gasteiger partial charge in [0.25, 0.3) is 5.91 Å². The lowest BCUT2D eigenvalue weighted by Gasteiger charge is -2.37. The van der Waals surface area contributed by atoms with Crippen LogP contribution in [0.5, 0.6) is 0 Å². The van der Waals surface area contributed by atoms with Crippen LogP contribution in [0.4, 0.5) is 5.69 Å². The van der Waals surface area contributed by atoms with Crippen LogP contribution in [0.15, 0.2) is 12.3 Å². The van der Waals surface area contributed by atoms with Crippen LogP contribution in [0.2, 0.25) is 0 Å². The van der Waals surface area contributed by atoms with Gasteiger partial charge in [-0.15, -0.1) is 0 Å². The number of amides is 1. The second kappa shape index (κ2) is 5.35. The molecular formula is C13H19N3O2. The first-order valence-electron chi connectivity index (χ1n) is 6.27. The molecule has 0 spiro atoms. The summed E-state index contributed by atoms with van der Waals surface area (Å²) >= 11 is 0. The highest BCUT2D eigenvalue weighted by molar-refractivity contribution is 5.96. The van der Waals surface area contributed by atoms with Crippen LogP contribution in [0.25, 0.3) is 0 Å². The van der Waals surface area contributed by atoms with Crippen LogP contribution in [-0.4, -0.2) is 40.1 Å². The number of pyridine rings is 1. The number of carbonyl (C=O) groups excluding carboxylic acids is 1. The number of rotatable bonds is 4. The number of aryl methyl sites for hydroxylation is 1. The molecule has 5 heteroatoms. The second-order valence-electron chi connectivity index (χ2n) is 4.71. The van der Waals surface area contributed by atoms with Crippen molar-refractivity contribution in [1.29, 1.82) is 0 Å². The molecule has 1 heterocycles. The minimum absolute atomic E-state index is 0.0168. The first kappa shape index (κ1) is 12.8. The van der Waals surface area contributed by atoms with Crippen molar-refractivity contribution in [1.82, 2.24) is 9.88 Å². The van der Waals surface area contributed by atoms with Crippen LogP contribution < -0.4 is 5.73 Å². The molecule has 1 aromatic rings. The molecule has 2 rings (SSSR count). The molecule has 1 aliphatic rings. The van der Waals surface area contributed by atoms with Crippen molar-refractivity contribution in [2.75, 3.05) is 18.9 Å². The molecule has 1 amide bonds. The Hall–Kier alpha value is -1.62. The van der Waals surface area contributed by atoms with Crippen molar-refractivity contribution in [2.45, 2.75) is 32.2 Å². The fraction of sp³-hybridized carbons (Fsp3) is 0.538. The third-order valence-electron chi connectivity index (χ3n) is 3.46.